The maximum absolute atomic E-state index is 12.2. The van der Waals surface area contributed by atoms with Crippen LogP contribution in [0.25, 0.3) is 127 Å². The normalized spacial score (nSPS) is 21.7. The van der Waals surface area contributed by atoms with E-state index in [1.54, 1.807) is 0 Å². The number of fused-ring (bicyclic) bond motifs is 27. The quantitative estimate of drug-likeness (QED) is 0.177. The molecule has 13 aromatic rings. The van der Waals surface area contributed by atoms with Crippen LogP contribution in [-0.2, 0) is 10.8 Å². The predicted octanol–water partition coefficient (Wildman–Crippen LogP) is 19.3. The van der Waals surface area contributed by atoms with Crippen molar-refractivity contribution in [3.63, 3.8) is 0 Å². The van der Waals surface area contributed by atoms with Gasteiger partial charge in [0.2, 0.25) is 0 Å². The van der Waals surface area contributed by atoms with E-state index in [1.165, 1.54) is 109 Å². The van der Waals surface area contributed by atoms with Crippen LogP contribution in [0.4, 0.5) is 0 Å². The van der Waals surface area contributed by atoms with E-state index in [0.717, 1.165) is 95.5 Å². The van der Waals surface area contributed by atoms with Gasteiger partial charge in [-0.15, -0.1) is 0 Å². The van der Waals surface area contributed by atoms with Gasteiger partial charge in [-0.1, -0.05) is 194 Å². The largest absolute Gasteiger partial charge is 0.308 e. The summed E-state index contributed by atoms with van der Waals surface area (Å²) in [6, 6.07) is 87.0. The number of benzene rings is 11. The van der Waals surface area contributed by atoms with Gasteiger partial charge in [0.1, 0.15) is 0 Å². The summed E-state index contributed by atoms with van der Waals surface area (Å²) in [5.41, 5.74) is 28.8. The minimum absolute atomic E-state index is 0.0957. The molecule has 5 unspecified atom stereocenters. The van der Waals surface area contributed by atoms with Crippen LogP contribution in [0.3, 0.4) is 0 Å². The molecule has 5 atom stereocenters. The number of aromatic nitrogens is 1. The van der Waals surface area contributed by atoms with E-state index in [0.29, 0.717) is 16.5 Å². The first kappa shape index (κ1) is 44.0. The van der Waals surface area contributed by atoms with E-state index in [2.05, 4.69) is 235 Å². The van der Waals surface area contributed by atoms with Crippen LogP contribution in [0.5, 0.6) is 0 Å². The van der Waals surface area contributed by atoms with Crippen molar-refractivity contribution >= 4 is 38.1 Å². The molecule has 82 heavy (non-hydrogen) atoms. The molecule has 380 valence electrons. The Bertz CT molecular complexity index is 5150. The van der Waals surface area contributed by atoms with Crippen LogP contribution < -0.4 is 0 Å². The molecule has 0 N–H and O–H groups in total. The molecule has 2 bridgehead atoms. The molecule has 11 aromatic carbocycles. The fourth-order valence-electron chi connectivity index (χ4n) is 19.9. The van der Waals surface area contributed by atoms with E-state index in [9.17, 15) is 10.5 Å². The Labute approximate surface area is 475 Å². The zero-order valence-corrected chi connectivity index (χ0v) is 44.9. The molecule has 4 saturated carbocycles. The highest BCUT2D eigenvalue weighted by atomic mass is 14.9. The van der Waals surface area contributed by atoms with Crippen molar-refractivity contribution in [3.05, 3.63) is 257 Å². The molecule has 0 amide bonds. The first-order chi connectivity index (χ1) is 40.6. The molecule has 3 nitrogen and oxygen atoms in total. The van der Waals surface area contributed by atoms with Crippen molar-refractivity contribution in [2.24, 2.45) is 23.2 Å². The smallest absolute Gasteiger partial charge is 0.0999 e. The topological polar surface area (TPSA) is 52.0 Å². The lowest BCUT2D eigenvalue weighted by Crippen LogP contribution is -2.68. The average molecular weight is 1040 g/mol. The minimum atomic E-state index is -0.758. The summed E-state index contributed by atoms with van der Waals surface area (Å²) in [5.74, 6) is 2.35. The van der Waals surface area contributed by atoms with Crippen molar-refractivity contribution in [1.29, 1.82) is 10.5 Å². The average Bonchev–Trinajstić information content (AvgIpc) is 1.45. The highest BCUT2D eigenvalue weighted by molar-refractivity contribution is 6.32. The van der Waals surface area contributed by atoms with Crippen LogP contribution in [0.1, 0.15) is 71.0 Å². The molecular weight excluding hydrogens is 991 g/mol. The summed E-state index contributed by atoms with van der Waals surface area (Å²) in [5, 5.41) is 29.0. The Hall–Kier alpha value is -9.80. The molecule has 3 heteroatoms. The number of nitrogens with zero attached hydrogens (tertiary/aromatic N) is 3. The lowest BCUT2D eigenvalue weighted by atomic mass is 9.31. The third-order valence-corrected chi connectivity index (χ3v) is 22.4. The maximum atomic E-state index is 12.2. The zero-order valence-electron chi connectivity index (χ0n) is 44.9. The van der Waals surface area contributed by atoms with E-state index in [4.69, 9.17) is 0 Å². The van der Waals surface area contributed by atoms with Gasteiger partial charge in [-0.2, -0.15) is 10.5 Å². The standard InChI is InChI=1S/C79H49N3/c80-42-47-34-66-71(73-68(47)59-26-10-9-22-55(59)54-21-7-8-23-56(54)60-29-15-27-52(69(60)73)45-17-3-1-4-18-45)61-37-49(77-39-44-33-50-36-51(41-77)78(50,77)40-44)38-62-72-67(82(66)76(61)62)35-48(43-81)75-74(72)70-53(46-19-5-2-6-20-46)28-16-32-65(70)79(75)63-30-13-11-24-57(63)58-25-12-14-31-64(58)79/h1-32,34-35,37-38,44,50-51H,33,36,39-41H2. The highest BCUT2D eigenvalue weighted by Gasteiger charge is 2.80. The van der Waals surface area contributed by atoms with Gasteiger partial charge in [0.05, 0.1) is 45.2 Å². The van der Waals surface area contributed by atoms with Crippen molar-refractivity contribution in [3.8, 4) is 101 Å². The number of hydrogen-bond donors (Lipinski definition) is 0. The van der Waals surface area contributed by atoms with Gasteiger partial charge >= 0.3 is 0 Å². The monoisotopic (exact) mass is 1040 g/mol. The Kier molecular flexibility index (Phi) is 8.02. The minimum Gasteiger partial charge on any atom is -0.308 e. The number of hydrogen-bond acceptors (Lipinski definition) is 2. The van der Waals surface area contributed by atoms with E-state index in [-0.39, 0.29) is 5.41 Å². The van der Waals surface area contributed by atoms with Gasteiger partial charge in [0.25, 0.3) is 0 Å². The highest BCUT2D eigenvalue weighted by Crippen LogP contribution is 2.86. The summed E-state index contributed by atoms with van der Waals surface area (Å²) in [6.45, 7) is 0. The third kappa shape index (κ3) is 4.82. The maximum Gasteiger partial charge on any atom is 0.0999 e. The van der Waals surface area contributed by atoms with Crippen LogP contribution in [0.2, 0.25) is 0 Å². The van der Waals surface area contributed by atoms with Gasteiger partial charge in [0.15, 0.2) is 0 Å². The number of rotatable bonds is 3. The van der Waals surface area contributed by atoms with Gasteiger partial charge in [-0.05, 0) is 185 Å². The Morgan fingerprint density at radius 3 is 1.54 bits per heavy atom. The number of nitriles is 2. The first-order valence-corrected chi connectivity index (χ1v) is 29.5. The molecule has 20 rings (SSSR count). The van der Waals surface area contributed by atoms with Gasteiger partial charge < -0.3 is 4.40 Å². The molecule has 7 aliphatic carbocycles. The summed E-state index contributed by atoms with van der Waals surface area (Å²) in [7, 11) is 0. The SMILES string of the molecule is N#Cc1cc2c(c3c1-c1ccccc1-c1ccccc1-c1cccc(-c4ccccc4)c1-3)c1cc(C34CC5CC6CC(C3)C64C5)cc3c4c5c(c(C#N)cc4n2c13)C1(c2ccccc2-c2ccccc21)c1cccc(-c2ccccc2)c1-5. The molecule has 2 heterocycles. The van der Waals surface area contributed by atoms with E-state index in [1.807, 2.05) is 0 Å². The summed E-state index contributed by atoms with van der Waals surface area (Å²) < 4.78 is 2.52. The predicted molar refractivity (Wildman–Crippen MR) is 331 cm³/mol. The van der Waals surface area contributed by atoms with Crippen molar-refractivity contribution in [1.82, 2.24) is 4.40 Å². The van der Waals surface area contributed by atoms with Crippen LogP contribution in [0.15, 0.2) is 218 Å². The summed E-state index contributed by atoms with van der Waals surface area (Å²) in [6.07, 6.45) is 6.63. The molecular formula is C79H49N3. The molecule has 2 aromatic heterocycles. The van der Waals surface area contributed by atoms with Crippen LogP contribution >= 0.6 is 0 Å². The third-order valence-electron chi connectivity index (χ3n) is 22.4. The Morgan fingerprint density at radius 1 is 0.390 bits per heavy atom. The van der Waals surface area contributed by atoms with E-state index >= 15 is 0 Å². The lowest BCUT2D eigenvalue weighted by molar-refractivity contribution is -0.198. The Morgan fingerprint density at radius 2 is 0.902 bits per heavy atom. The van der Waals surface area contributed by atoms with Crippen LogP contribution in [-0.4, -0.2) is 4.40 Å². The summed E-state index contributed by atoms with van der Waals surface area (Å²) in [4.78, 5) is 0. The van der Waals surface area contributed by atoms with Crippen LogP contribution in [0, 0.1) is 45.8 Å². The first-order valence-electron chi connectivity index (χ1n) is 29.5. The summed E-state index contributed by atoms with van der Waals surface area (Å²) >= 11 is 0. The molecule has 0 saturated heterocycles. The zero-order chi connectivity index (χ0) is 53.5. The van der Waals surface area contributed by atoms with Crippen molar-refractivity contribution in [2.75, 3.05) is 0 Å². The molecule has 2 spiro atoms. The second kappa shape index (κ2) is 14.9. The van der Waals surface area contributed by atoms with Crippen molar-refractivity contribution in [2.45, 2.75) is 42.9 Å². The Balaban J connectivity index is 1.03. The van der Waals surface area contributed by atoms with E-state index < -0.39 is 5.41 Å². The molecule has 4 fully saturated rings. The van der Waals surface area contributed by atoms with Crippen molar-refractivity contribution < 1.29 is 0 Å². The molecule has 7 aliphatic rings. The van der Waals surface area contributed by atoms with Gasteiger partial charge in [-0.25, -0.2) is 0 Å². The lowest BCUT2D eigenvalue weighted by Gasteiger charge is -2.73. The fourth-order valence-corrected chi connectivity index (χ4v) is 19.9. The molecule has 0 radical (unpaired) electrons. The fraction of sp³-hybridized carbons (Fsp3) is 0.139. The second-order valence-corrected chi connectivity index (χ2v) is 25.2. The molecule has 0 aliphatic heterocycles. The second-order valence-electron chi connectivity index (χ2n) is 25.2. The van der Waals surface area contributed by atoms with Gasteiger partial charge in [0, 0.05) is 38.1 Å². The van der Waals surface area contributed by atoms with Gasteiger partial charge in [-0.3, -0.25) is 0 Å².